The van der Waals surface area contributed by atoms with Crippen LogP contribution in [-0.2, 0) is 11.3 Å². The molecule has 150 valence electrons. The van der Waals surface area contributed by atoms with Crippen molar-refractivity contribution in [1.82, 2.24) is 9.55 Å². The van der Waals surface area contributed by atoms with E-state index in [0.29, 0.717) is 22.6 Å². The van der Waals surface area contributed by atoms with Gasteiger partial charge in [0.25, 0.3) is 5.91 Å². The molecule has 29 heavy (non-hydrogen) atoms. The lowest BCUT2D eigenvalue weighted by Gasteiger charge is -2.11. The van der Waals surface area contributed by atoms with Crippen molar-refractivity contribution in [3.05, 3.63) is 74.1 Å². The van der Waals surface area contributed by atoms with Gasteiger partial charge in [-0.1, -0.05) is 11.3 Å². The molecule has 0 fully saturated rings. The number of rotatable bonds is 6. The van der Waals surface area contributed by atoms with Gasteiger partial charge >= 0.3 is 10.8 Å². The van der Waals surface area contributed by atoms with Crippen molar-refractivity contribution in [3.63, 3.8) is 0 Å². The van der Waals surface area contributed by atoms with Gasteiger partial charge in [-0.15, -0.1) is 0 Å². The van der Waals surface area contributed by atoms with E-state index in [4.69, 9.17) is 4.74 Å². The third kappa shape index (κ3) is 4.97. The van der Waals surface area contributed by atoms with Gasteiger partial charge in [-0.25, -0.2) is 0 Å². The van der Waals surface area contributed by atoms with Gasteiger partial charge in [0.15, 0.2) is 0 Å². The number of aryl methyl sites for hydroxylation is 2. The van der Waals surface area contributed by atoms with E-state index in [2.05, 4.69) is 10.3 Å². The SMILES string of the molecule is Cc1cc(NC(=O)c2cccnc2)ccc1OC(=O)CCn1c(C)c(C)sc1=O. The molecule has 3 rings (SSSR count). The summed E-state index contributed by atoms with van der Waals surface area (Å²) in [5, 5.41) is 2.78. The zero-order valence-corrected chi connectivity index (χ0v) is 17.2. The summed E-state index contributed by atoms with van der Waals surface area (Å²) in [6.07, 6.45) is 3.18. The molecule has 0 aliphatic heterocycles. The highest BCUT2D eigenvalue weighted by molar-refractivity contribution is 7.09. The molecule has 0 radical (unpaired) electrons. The van der Waals surface area contributed by atoms with E-state index in [0.717, 1.165) is 10.6 Å². The lowest BCUT2D eigenvalue weighted by atomic mass is 10.2. The van der Waals surface area contributed by atoms with Crippen molar-refractivity contribution < 1.29 is 14.3 Å². The average Bonchev–Trinajstić information content (AvgIpc) is 2.94. The first-order chi connectivity index (χ1) is 13.8. The highest BCUT2D eigenvalue weighted by atomic mass is 32.1. The van der Waals surface area contributed by atoms with Crippen LogP contribution < -0.4 is 14.9 Å². The molecule has 2 aromatic heterocycles. The molecule has 0 saturated heterocycles. The van der Waals surface area contributed by atoms with Crippen molar-refractivity contribution in [2.24, 2.45) is 0 Å². The summed E-state index contributed by atoms with van der Waals surface area (Å²) in [5.41, 5.74) is 2.63. The van der Waals surface area contributed by atoms with Crippen LogP contribution in [0.5, 0.6) is 5.75 Å². The molecule has 2 heterocycles. The summed E-state index contributed by atoms with van der Waals surface area (Å²) < 4.78 is 7.01. The summed E-state index contributed by atoms with van der Waals surface area (Å²) in [5.74, 6) is -0.274. The number of amides is 1. The van der Waals surface area contributed by atoms with E-state index < -0.39 is 5.97 Å². The molecule has 0 bridgehead atoms. The number of carbonyl (C=O) groups excluding carboxylic acids is 2. The van der Waals surface area contributed by atoms with Crippen LogP contribution in [0.25, 0.3) is 0 Å². The fraction of sp³-hybridized carbons (Fsp3) is 0.238. The van der Waals surface area contributed by atoms with Gasteiger partial charge in [0, 0.05) is 35.2 Å². The third-order valence-corrected chi connectivity index (χ3v) is 5.49. The number of thiazole rings is 1. The molecule has 0 saturated carbocycles. The Kier molecular flexibility index (Phi) is 6.23. The highest BCUT2D eigenvalue weighted by Crippen LogP contribution is 2.23. The van der Waals surface area contributed by atoms with Crippen LogP contribution in [0.15, 0.2) is 47.5 Å². The largest absolute Gasteiger partial charge is 0.426 e. The topological polar surface area (TPSA) is 90.3 Å². The highest BCUT2D eigenvalue weighted by Gasteiger charge is 2.13. The molecule has 1 amide bonds. The van der Waals surface area contributed by atoms with E-state index in [-0.39, 0.29) is 23.7 Å². The van der Waals surface area contributed by atoms with Gasteiger partial charge in [0.05, 0.1) is 12.0 Å². The van der Waals surface area contributed by atoms with Crippen molar-refractivity contribution in [2.45, 2.75) is 33.7 Å². The van der Waals surface area contributed by atoms with Crippen molar-refractivity contribution in [2.75, 3.05) is 5.32 Å². The van der Waals surface area contributed by atoms with Crippen LogP contribution in [0.2, 0.25) is 0 Å². The zero-order chi connectivity index (χ0) is 21.0. The minimum atomic E-state index is -0.421. The van der Waals surface area contributed by atoms with E-state index in [1.54, 1.807) is 48.0 Å². The van der Waals surface area contributed by atoms with Gasteiger partial charge in [0.2, 0.25) is 0 Å². The number of hydrogen-bond donors (Lipinski definition) is 1. The maximum atomic E-state index is 12.2. The zero-order valence-electron chi connectivity index (χ0n) is 16.4. The fourth-order valence-corrected chi connectivity index (χ4v) is 3.62. The number of aromatic nitrogens is 2. The smallest absolute Gasteiger partial charge is 0.313 e. The van der Waals surface area contributed by atoms with Crippen LogP contribution in [0.4, 0.5) is 5.69 Å². The first-order valence-corrected chi connectivity index (χ1v) is 9.86. The Morgan fingerprint density at radius 2 is 2.00 bits per heavy atom. The lowest BCUT2D eigenvalue weighted by Crippen LogP contribution is -2.19. The molecule has 7 nitrogen and oxygen atoms in total. The number of nitrogens with zero attached hydrogens (tertiary/aromatic N) is 2. The Hall–Kier alpha value is -3.26. The molecular weight excluding hydrogens is 390 g/mol. The van der Waals surface area contributed by atoms with E-state index in [1.165, 1.54) is 17.5 Å². The maximum Gasteiger partial charge on any atom is 0.313 e. The van der Waals surface area contributed by atoms with Crippen LogP contribution in [0.3, 0.4) is 0 Å². The van der Waals surface area contributed by atoms with E-state index in [9.17, 15) is 14.4 Å². The molecule has 8 heteroatoms. The van der Waals surface area contributed by atoms with Crippen LogP contribution in [0, 0.1) is 20.8 Å². The van der Waals surface area contributed by atoms with E-state index >= 15 is 0 Å². The number of ether oxygens (including phenoxy) is 1. The number of hydrogen-bond acceptors (Lipinski definition) is 6. The van der Waals surface area contributed by atoms with Crippen molar-refractivity contribution in [1.29, 1.82) is 0 Å². The number of benzene rings is 1. The number of esters is 1. The predicted molar refractivity (Wildman–Crippen MR) is 112 cm³/mol. The summed E-state index contributed by atoms with van der Waals surface area (Å²) in [6, 6.07) is 8.40. The summed E-state index contributed by atoms with van der Waals surface area (Å²) in [4.78, 5) is 41.1. The molecule has 3 aromatic rings. The number of anilines is 1. The van der Waals surface area contributed by atoms with E-state index in [1.807, 2.05) is 13.8 Å². The minimum absolute atomic E-state index is 0.0716. The monoisotopic (exact) mass is 411 g/mol. The Labute approximate surface area is 172 Å². The molecule has 0 unspecified atom stereocenters. The van der Waals surface area contributed by atoms with Gasteiger partial charge in [-0.05, 0) is 56.7 Å². The molecular formula is C21H21N3O4S. The quantitative estimate of drug-likeness (QED) is 0.495. The Morgan fingerprint density at radius 3 is 2.62 bits per heavy atom. The molecule has 1 aromatic carbocycles. The third-order valence-electron chi connectivity index (χ3n) is 4.50. The van der Waals surface area contributed by atoms with Crippen molar-refractivity contribution in [3.8, 4) is 5.75 Å². The molecule has 0 aliphatic carbocycles. The van der Waals surface area contributed by atoms with Gasteiger partial charge in [0.1, 0.15) is 5.75 Å². The molecule has 0 atom stereocenters. The van der Waals surface area contributed by atoms with Gasteiger partial charge in [-0.2, -0.15) is 0 Å². The number of carbonyl (C=O) groups is 2. The Bertz CT molecular complexity index is 1100. The Balaban J connectivity index is 1.60. The number of pyridine rings is 1. The van der Waals surface area contributed by atoms with Gasteiger partial charge < -0.3 is 14.6 Å². The average molecular weight is 411 g/mol. The molecule has 0 spiro atoms. The van der Waals surface area contributed by atoms with Crippen molar-refractivity contribution >= 4 is 28.9 Å². The summed E-state index contributed by atoms with van der Waals surface area (Å²) >= 11 is 1.18. The second-order valence-electron chi connectivity index (χ2n) is 6.56. The first kappa shape index (κ1) is 20.5. The summed E-state index contributed by atoms with van der Waals surface area (Å²) in [6.45, 7) is 5.82. The molecule has 1 N–H and O–H groups in total. The maximum absolute atomic E-state index is 12.2. The summed E-state index contributed by atoms with van der Waals surface area (Å²) in [7, 11) is 0. The molecule has 0 aliphatic rings. The first-order valence-electron chi connectivity index (χ1n) is 9.04. The minimum Gasteiger partial charge on any atom is -0.426 e. The van der Waals surface area contributed by atoms with Crippen LogP contribution in [-0.4, -0.2) is 21.4 Å². The predicted octanol–water partition coefficient (Wildman–Crippen LogP) is 3.48. The number of nitrogens with one attached hydrogen (secondary N) is 1. The second-order valence-corrected chi connectivity index (χ2v) is 7.73. The second kappa shape index (κ2) is 8.83. The standard InChI is InChI=1S/C21H21N3O4S/c1-13-11-17(23-20(26)16-5-4-9-22-12-16)6-7-18(13)28-19(25)8-10-24-14(2)15(3)29-21(24)27/h4-7,9,11-12H,8,10H2,1-3H3,(H,23,26). The Morgan fingerprint density at radius 1 is 1.21 bits per heavy atom. The van der Waals surface area contributed by atoms with Crippen LogP contribution >= 0.6 is 11.3 Å². The fourth-order valence-electron chi connectivity index (χ4n) is 2.76. The van der Waals surface area contributed by atoms with Crippen LogP contribution in [0.1, 0.15) is 32.9 Å². The van der Waals surface area contributed by atoms with Gasteiger partial charge in [-0.3, -0.25) is 19.4 Å². The lowest BCUT2D eigenvalue weighted by molar-refractivity contribution is -0.134. The normalized spacial score (nSPS) is 10.6.